The Morgan fingerprint density at radius 1 is 1.37 bits per heavy atom. The number of aryl methyl sites for hydroxylation is 1. The fraction of sp³-hybridized carbons (Fsp3) is 0.500. The van der Waals surface area contributed by atoms with E-state index in [1.165, 1.54) is 6.07 Å². The normalized spacial score (nSPS) is 10.8. The predicted octanol–water partition coefficient (Wildman–Crippen LogP) is 3.26. The number of rotatable bonds is 5. The van der Waals surface area contributed by atoms with Crippen LogP contribution in [0.5, 0.6) is 0 Å². The number of anilines is 1. The van der Waals surface area contributed by atoms with E-state index in [0.717, 1.165) is 5.56 Å². The molecule has 0 atom stereocenters. The average molecular weight is 289 g/mol. The average Bonchev–Trinajstić information content (AvgIpc) is 2.37. The Hall–Kier alpha value is -1.13. The molecule has 0 fully saturated rings. The summed E-state index contributed by atoms with van der Waals surface area (Å²) in [5.74, 6) is -0.633. The van der Waals surface area contributed by atoms with Crippen LogP contribution in [-0.4, -0.2) is 12.5 Å². The summed E-state index contributed by atoms with van der Waals surface area (Å²) in [7, 11) is 0. The van der Waals surface area contributed by atoms with Crippen molar-refractivity contribution in [1.29, 1.82) is 0 Å². The van der Waals surface area contributed by atoms with Crippen LogP contribution < -0.4 is 11.1 Å². The van der Waals surface area contributed by atoms with Gasteiger partial charge in [0.05, 0.1) is 11.1 Å². The molecule has 0 spiro atoms. The molecule has 0 saturated carbocycles. The molecule has 0 heterocycles. The minimum Gasteiger partial charge on any atom is -0.329 e. The van der Waals surface area contributed by atoms with Gasteiger partial charge < -0.3 is 11.1 Å². The maximum atomic E-state index is 13.6. The van der Waals surface area contributed by atoms with E-state index in [1.807, 2.05) is 20.8 Å². The second-order valence-electron chi connectivity index (χ2n) is 4.63. The first-order valence-electron chi connectivity index (χ1n) is 6.26. The third kappa shape index (κ3) is 3.91. The monoisotopic (exact) mass is 288 g/mol. The fourth-order valence-corrected chi connectivity index (χ4v) is 1.94. The van der Waals surface area contributed by atoms with Crippen molar-refractivity contribution in [1.82, 2.24) is 0 Å². The van der Waals surface area contributed by atoms with Crippen molar-refractivity contribution >= 4 is 24.0 Å². The molecule has 0 aliphatic heterocycles. The molecule has 19 heavy (non-hydrogen) atoms. The molecule has 0 radical (unpaired) electrons. The summed E-state index contributed by atoms with van der Waals surface area (Å²) >= 11 is 0. The van der Waals surface area contributed by atoms with Crippen LogP contribution in [0.25, 0.3) is 0 Å². The molecule has 1 aromatic rings. The van der Waals surface area contributed by atoms with E-state index in [2.05, 4.69) is 5.32 Å². The quantitative estimate of drug-likeness (QED) is 0.874. The van der Waals surface area contributed by atoms with Crippen LogP contribution in [-0.2, 0) is 4.79 Å². The minimum atomic E-state index is -0.615. The summed E-state index contributed by atoms with van der Waals surface area (Å²) in [5.41, 5.74) is 6.20. The van der Waals surface area contributed by atoms with E-state index in [0.29, 0.717) is 12.8 Å². The molecular formula is C14H22ClFN2O. The van der Waals surface area contributed by atoms with E-state index in [9.17, 15) is 9.18 Å². The van der Waals surface area contributed by atoms with E-state index < -0.39 is 11.2 Å². The van der Waals surface area contributed by atoms with Crippen molar-refractivity contribution in [3.05, 3.63) is 29.6 Å². The first-order valence-corrected chi connectivity index (χ1v) is 6.26. The Bertz CT molecular complexity index is 425. The molecule has 3 N–H and O–H groups in total. The highest BCUT2D eigenvalue weighted by molar-refractivity contribution is 5.95. The van der Waals surface area contributed by atoms with Crippen LogP contribution in [0.4, 0.5) is 10.1 Å². The van der Waals surface area contributed by atoms with Crippen molar-refractivity contribution in [2.24, 2.45) is 11.1 Å². The number of amides is 1. The maximum absolute atomic E-state index is 13.6. The van der Waals surface area contributed by atoms with Crippen LogP contribution in [0, 0.1) is 18.2 Å². The number of carbonyl (C=O) groups excluding carboxylic acids is 1. The molecule has 1 rings (SSSR count). The molecule has 1 aromatic carbocycles. The summed E-state index contributed by atoms with van der Waals surface area (Å²) in [6, 6.07) is 4.65. The zero-order chi connectivity index (χ0) is 13.8. The number of halogens is 2. The lowest BCUT2D eigenvalue weighted by molar-refractivity contribution is -0.125. The molecule has 0 aliphatic carbocycles. The Labute approximate surface area is 120 Å². The van der Waals surface area contributed by atoms with Gasteiger partial charge in [-0.1, -0.05) is 19.9 Å². The van der Waals surface area contributed by atoms with Gasteiger partial charge in [-0.2, -0.15) is 0 Å². The summed E-state index contributed by atoms with van der Waals surface area (Å²) in [4.78, 5) is 12.2. The Balaban J connectivity index is 0.00000324. The summed E-state index contributed by atoms with van der Waals surface area (Å²) in [5, 5.41) is 2.65. The topological polar surface area (TPSA) is 55.1 Å². The number of hydrogen-bond acceptors (Lipinski definition) is 2. The van der Waals surface area contributed by atoms with Gasteiger partial charge in [0.2, 0.25) is 5.91 Å². The van der Waals surface area contributed by atoms with Gasteiger partial charge in [-0.15, -0.1) is 12.4 Å². The van der Waals surface area contributed by atoms with Crippen molar-refractivity contribution in [3.63, 3.8) is 0 Å². The lowest BCUT2D eigenvalue weighted by atomic mass is 9.81. The Kier molecular flexibility index (Phi) is 7.01. The first kappa shape index (κ1) is 17.9. The fourth-order valence-electron chi connectivity index (χ4n) is 1.94. The van der Waals surface area contributed by atoms with Gasteiger partial charge >= 0.3 is 0 Å². The molecule has 0 bridgehead atoms. The number of nitrogens with one attached hydrogen (secondary N) is 1. The first-order chi connectivity index (χ1) is 8.49. The third-order valence-corrected chi connectivity index (χ3v) is 3.60. The molecule has 3 nitrogen and oxygen atoms in total. The summed E-state index contributed by atoms with van der Waals surface area (Å²) in [6.45, 7) is 5.95. The predicted molar refractivity (Wildman–Crippen MR) is 79.1 cm³/mol. The lowest BCUT2D eigenvalue weighted by Gasteiger charge is -2.28. The molecule has 1 amide bonds. The second-order valence-corrected chi connectivity index (χ2v) is 4.63. The van der Waals surface area contributed by atoms with Crippen LogP contribution in [0.3, 0.4) is 0 Å². The van der Waals surface area contributed by atoms with Crippen molar-refractivity contribution < 1.29 is 9.18 Å². The molecule has 0 unspecified atom stereocenters. The van der Waals surface area contributed by atoms with Crippen LogP contribution in [0.2, 0.25) is 0 Å². The van der Waals surface area contributed by atoms with Crippen molar-refractivity contribution in [3.8, 4) is 0 Å². The number of hydrogen-bond donors (Lipinski definition) is 2. The van der Waals surface area contributed by atoms with E-state index in [1.54, 1.807) is 12.1 Å². The highest BCUT2D eigenvalue weighted by Crippen LogP contribution is 2.27. The van der Waals surface area contributed by atoms with Crippen LogP contribution in [0.1, 0.15) is 32.3 Å². The Morgan fingerprint density at radius 3 is 2.42 bits per heavy atom. The number of benzene rings is 1. The molecule has 0 aliphatic rings. The Morgan fingerprint density at radius 2 is 1.95 bits per heavy atom. The summed E-state index contributed by atoms with van der Waals surface area (Å²) in [6.07, 6.45) is 1.28. The van der Waals surface area contributed by atoms with Crippen molar-refractivity contribution in [2.45, 2.75) is 33.6 Å². The van der Waals surface area contributed by atoms with Crippen molar-refractivity contribution in [2.75, 3.05) is 11.9 Å². The van der Waals surface area contributed by atoms with Gasteiger partial charge in [-0.3, -0.25) is 4.79 Å². The third-order valence-electron chi connectivity index (χ3n) is 3.60. The maximum Gasteiger partial charge on any atom is 0.231 e. The molecule has 108 valence electrons. The zero-order valence-corrected chi connectivity index (χ0v) is 12.4. The van der Waals surface area contributed by atoms with Gasteiger partial charge in [0.1, 0.15) is 5.82 Å². The highest BCUT2D eigenvalue weighted by atomic mass is 35.5. The van der Waals surface area contributed by atoms with Gasteiger partial charge in [-0.25, -0.2) is 4.39 Å². The second kappa shape index (κ2) is 7.46. The summed E-state index contributed by atoms with van der Waals surface area (Å²) < 4.78 is 13.6. The van der Waals surface area contributed by atoms with Gasteiger partial charge in [-0.05, 0) is 37.5 Å². The van der Waals surface area contributed by atoms with Gasteiger partial charge in [0.25, 0.3) is 0 Å². The standard InChI is InChI=1S/C14H21FN2O.ClH/c1-4-14(5-2,9-16)13(18)17-12-8-10(3)6-7-11(12)15;/h6-8H,4-5,9,16H2,1-3H3,(H,17,18);1H. The molecule has 0 saturated heterocycles. The number of carbonyl (C=O) groups is 1. The minimum absolute atomic E-state index is 0. The smallest absolute Gasteiger partial charge is 0.231 e. The van der Waals surface area contributed by atoms with E-state index >= 15 is 0 Å². The molecule has 0 aromatic heterocycles. The van der Waals surface area contributed by atoms with Crippen LogP contribution >= 0.6 is 12.4 Å². The largest absolute Gasteiger partial charge is 0.329 e. The van der Waals surface area contributed by atoms with E-state index in [4.69, 9.17) is 5.73 Å². The molecule has 5 heteroatoms. The zero-order valence-electron chi connectivity index (χ0n) is 11.6. The van der Waals surface area contributed by atoms with Crippen LogP contribution in [0.15, 0.2) is 18.2 Å². The van der Waals surface area contributed by atoms with Gasteiger partial charge in [0.15, 0.2) is 0 Å². The highest BCUT2D eigenvalue weighted by Gasteiger charge is 2.33. The van der Waals surface area contributed by atoms with Gasteiger partial charge in [0, 0.05) is 6.54 Å². The molecular weight excluding hydrogens is 267 g/mol. The SMILES string of the molecule is CCC(CC)(CN)C(=O)Nc1cc(C)ccc1F.Cl. The van der Waals surface area contributed by atoms with E-state index in [-0.39, 0.29) is 30.5 Å². The number of nitrogens with two attached hydrogens (primary N) is 1. The lowest BCUT2D eigenvalue weighted by Crippen LogP contribution is -2.41.